The number of hydrogen-bond acceptors (Lipinski definition) is 22. The number of likely N-dealkylation sites (tertiary alicyclic amines) is 3. The van der Waals surface area contributed by atoms with Crippen LogP contribution in [0, 0.1) is 70.1 Å². The lowest BCUT2D eigenvalue weighted by Crippen LogP contribution is -2.42. The number of phosphoric acid groups is 1. The number of fused-ring (bicyclic) bond motifs is 6. The Morgan fingerprint density at radius 1 is 0.446 bits per heavy atom. The minimum Gasteiger partial charge on any atom is -0.489 e. The van der Waals surface area contributed by atoms with Crippen molar-refractivity contribution in [2.75, 3.05) is 94.9 Å². The number of nitrogens with one attached hydrogen (secondary N) is 6. The van der Waals surface area contributed by atoms with E-state index < -0.39 is 201 Å². The average molecular weight is 1520 g/mol. The van der Waals surface area contributed by atoms with Crippen LogP contribution in [0.25, 0.3) is 0 Å². The lowest BCUT2D eigenvalue weighted by atomic mass is 10.1. The van der Waals surface area contributed by atoms with E-state index in [0.29, 0.717) is 36.4 Å². The van der Waals surface area contributed by atoms with Crippen LogP contribution in [0.4, 0.5) is 56.6 Å². The Morgan fingerprint density at radius 2 is 0.683 bits per heavy atom. The molecule has 3 fully saturated rings. The lowest BCUT2D eigenvalue weighted by molar-refractivity contribution is -0.135. The van der Waals surface area contributed by atoms with Gasteiger partial charge in [-0.25, -0.2) is 58.2 Å². The van der Waals surface area contributed by atoms with E-state index in [0.717, 1.165) is 47.0 Å². The van der Waals surface area contributed by atoms with E-state index in [1.807, 2.05) is 0 Å². The molecule has 12 N–H and O–H groups in total. The van der Waals surface area contributed by atoms with Gasteiger partial charge in [-0.1, -0.05) is 0 Å². The Hall–Kier alpha value is -8.11. The number of carbonyl (C=O) groups is 6. The van der Waals surface area contributed by atoms with Crippen molar-refractivity contribution in [2.24, 2.45) is 38.9 Å². The molecule has 3 saturated heterocycles. The first-order chi connectivity index (χ1) is 47.5. The largest absolute Gasteiger partial charge is 0.489 e. The molecule has 0 radical (unpaired) electrons. The van der Waals surface area contributed by atoms with E-state index >= 15 is 0 Å². The number of anilines is 3. The van der Waals surface area contributed by atoms with Crippen LogP contribution in [0.1, 0.15) is 31.5 Å². The standard InChI is InChI=1S/C57H60F9N12O19PS3/c1-73-16-40-52(49(73)55(82)67-28-4-31(58)46(64)32(59)5-28)92-19-25-10-76(13-37(25)70-99(40,86)87)43(79)22-95-98(85,96-23-44(80)77-11-26-20-93-53-41(100(88,89)71-38(26)14-77)17-74(2)50(53)56(83)68-29-6-33(60)47(65)34(61)7-29)97-24-45(81)78-12-27-21-94-54-42(101(90,91)72-39(27)15-78)18-75(3)51(54)57(84)69-30-8-35(62)48(66)36(63)9-30/h4-9,16-18,25-27,37-39,70-72,86-91H,10-15,19-24H2,1-3H3,(H,67,82)(H,68,83)(H,69,84). The highest BCUT2D eigenvalue weighted by atomic mass is 32.3. The number of rotatable bonds is 15. The first-order valence-corrected chi connectivity index (χ1v) is 36.0. The highest BCUT2D eigenvalue weighted by Gasteiger charge is 2.48. The van der Waals surface area contributed by atoms with Crippen molar-refractivity contribution in [3.05, 3.63) is 124 Å². The van der Waals surface area contributed by atoms with Crippen LogP contribution in [-0.4, -0.2) is 188 Å². The van der Waals surface area contributed by atoms with Crippen LogP contribution in [0.5, 0.6) is 17.2 Å². The number of benzene rings is 3. The SMILES string of the molecule is Cn1cc2c(c1C(=O)Nc1cc(F)c(F)c(F)c1)OCC1CN(C(=O)COP(=O)(OCC(=O)N3CC4COc5c(cn(C)c5C(=O)Nc5cc(F)c(F)c(F)c5)S(O)(O)NC4C3)OCC(=O)N3CC4COc5c(cn(C)c5C(=O)Nc5cc(F)c(F)c(F)c5)S(O)(O)NC4C3)CC1NS2(O)O. The van der Waals surface area contributed by atoms with Crippen LogP contribution < -0.4 is 44.3 Å². The topological polar surface area (TPSA) is 393 Å². The molecule has 0 spiro atoms. The van der Waals surface area contributed by atoms with Gasteiger partial charge in [-0.2, -0.15) is 0 Å². The second-order valence-electron chi connectivity index (χ2n) is 24.2. The number of ether oxygens (including phenoxy) is 3. The van der Waals surface area contributed by atoms with Gasteiger partial charge in [0, 0.05) is 150 Å². The molecular weight excluding hydrogens is 1450 g/mol. The fourth-order valence-electron chi connectivity index (χ4n) is 12.3. The normalized spacial score (nSPS) is 23.2. The summed E-state index contributed by atoms with van der Waals surface area (Å²) in [5.41, 5.74) is -2.64. The van der Waals surface area contributed by atoms with Gasteiger partial charge >= 0.3 is 7.82 Å². The van der Waals surface area contributed by atoms with Gasteiger partial charge in [0.25, 0.3) is 17.7 Å². The first-order valence-electron chi connectivity index (χ1n) is 29.9. The number of aryl methyl sites for hydroxylation is 3. The Kier molecular flexibility index (Phi) is 19.8. The van der Waals surface area contributed by atoms with Gasteiger partial charge in [0.05, 0.1) is 37.9 Å². The maximum Gasteiger partial charge on any atom is 0.476 e. The number of nitrogens with zero attached hydrogens (tertiary/aromatic N) is 6. The molecule has 12 rings (SSSR count). The van der Waals surface area contributed by atoms with Crippen LogP contribution in [-0.2, 0) is 53.7 Å². The second-order valence-corrected chi connectivity index (χ2v) is 31.2. The van der Waals surface area contributed by atoms with E-state index in [2.05, 4.69) is 30.1 Å². The summed E-state index contributed by atoms with van der Waals surface area (Å²) in [5.74, 6) is -24.9. The zero-order valence-electron chi connectivity index (χ0n) is 52.4. The molecule has 6 aromatic rings. The molecule has 6 amide bonds. The van der Waals surface area contributed by atoms with Crippen LogP contribution in [0.2, 0.25) is 0 Å². The predicted molar refractivity (Wildman–Crippen MR) is 335 cm³/mol. The Morgan fingerprint density at radius 3 is 0.921 bits per heavy atom. The molecule has 6 aliphatic rings. The van der Waals surface area contributed by atoms with Crippen molar-refractivity contribution < 1.29 is 128 Å². The van der Waals surface area contributed by atoms with Crippen molar-refractivity contribution in [3.8, 4) is 17.2 Å². The molecule has 0 bridgehead atoms. The Bertz CT molecular complexity index is 3960. The number of aromatic nitrogens is 3. The summed E-state index contributed by atoms with van der Waals surface area (Å²) < 4.78 is 256. The summed E-state index contributed by atoms with van der Waals surface area (Å²) in [4.78, 5) is 85.4. The van der Waals surface area contributed by atoms with E-state index in [9.17, 15) is 100 Å². The summed E-state index contributed by atoms with van der Waals surface area (Å²) in [7, 11) is -13.8. The van der Waals surface area contributed by atoms with E-state index in [1.165, 1.54) is 21.1 Å². The third-order valence-corrected chi connectivity index (χ3v) is 23.2. The van der Waals surface area contributed by atoms with Crippen LogP contribution >= 0.6 is 40.2 Å². The summed E-state index contributed by atoms with van der Waals surface area (Å²) in [6.45, 7) is -6.31. The molecule has 9 heterocycles. The number of halogens is 9. The van der Waals surface area contributed by atoms with Gasteiger partial charge < -0.3 is 58.6 Å². The molecule has 101 heavy (non-hydrogen) atoms. The number of carbonyl (C=O) groups excluding carboxylic acids is 6. The molecule has 548 valence electrons. The molecule has 31 nitrogen and oxygen atoms in total. The van der Waals surface area contributed by atoms with Crippen molar-refractivity contribution in [3.63, 3.8) is 0 Å². The molecule has 44 heteroatoms. The highest BCUT2D eigenvalue weighted by molar-refractivity contribution is 8.23. The molecule has 6 atom stereocenters. The molecule has 6 aliphatic heterocycles. The fourth-order valence-corrected chi connectivity index (χ4v) is 17.9. The zero-order valence-corrected chi connectivity index (χ0v) is 55.7. The van der Waals surface area contributed by atoms with Crippen LogP contribution in [0.3, 0.4) is 0 Å². The van der Waals surface area contributed by atoms with Crippen molar-refractivity contribution in [1.29, 1.82) is 0 Å². The third-order valence-electron chi connectivity index (χ3n) is 17.3. The van der Waals surface area contributed by atoms with E-state index in [1.54, 1.807) is 0 Å². The van der Waals surface area contributed by atoms with Gasteiger partial charge in [0.2, 0.25) is 17.7 Å². The minimum absolute atomic E-state index is 0.258. The quantitative estimate of drug-likeness (QED) is 0.0286. The summed E-state index contributed by atoms with van der Waals surface area (Å²) in [6, 6.07) is 0.0964. The lowest BCUT2D eigenvalue weighted by Gasteiger charge is -2.38. The van der Waals surface area contributed by atoms with Gasteiger partial charge in [-0.15, -0.1) is 32.3 Å². The molecule has 0 saturated carbocycles. The zero-order chi connectivity index (χ0) is 72.9. The average Bonchev–Trinajstić information content (AvgIpc) is 1.67. The third kappa shape index (κ3) is 14.6. The first kappa shape index (κ1) is 72.7. The molecule has 0 aliphatic carbocycles. The monoisotopic (exact) mass is 1510 g/mol. The highest BCUT2D eigenvalue weighted by Crippen LogP contribution is 2.57. The summed E-state index contributed by atoms with van der Waals surface area (Å²) in [6.07, 6.45) is 3.39. The molecule has 3 aromatic carbocycles. The van der Waals surface area contributed by atoms with Gasteiger partial charge in [0.1, 0.15) is 34.5 Å². The van der Waals surface area contributed by atoms with Crippen LogP contribution in [0.15, 0.2) is 69.7 Å². The van der Waals surface area contributed by atoms with Crippen molar-refractivity contribution in [1.82, 2.24) is 42.6 Å². The minimum atomic E-state index is -5.35. The molecule has 6 unspecified atom stereocenters. The Labute approximate surface area is 569 Å². The van der Waals surface area contributed by atoms with Crippen molar-refractivity contribution >= 4 is 92.7 Å². The Balaban J connectivity index is 0.729. The second kappa shape index (κ2) is 27.6. The fraction of sp³-hybridized carbons (Fsp3) is 0.368. The summed E-state index contributed by atoms with van der Waals surface area (Å²) >= 11 is 0. The van der Waals surface area contributed by atoms with E-state index in [4.69, 9.17) is 27.8 Å². The smallest absolute Gasteiger partial charge is 0.476 e. The summed E-state index contributed by atoms with van der Waals surface area (Å²) in [5, 5.41) is 6.61. The molecular formula is C57H60F9N12O19PS3. The van der Waals surface area contributed by atoms with Crippen molar-refractivity contribution in [2.45, 2.75) is 32.8 Å². The molecule has 3 aromatic heterocycles. The predicted octanol–water partition coefficient (Wildman–Crippen LogP) is 6.77. The number of hydrogen-bond donors (Lipinski definition) is 12. The van der Waals surface area contributed by atoms with Gasteiger partial charge in [-0.05, 0) is 0 Å². The van der Waals surface area contributed by atoms with Gasteiger partial charge in [0.15, 0.2) is 86.7 Å². The van der Waals surface area contributed by atoms with Gasteiger partial charge in [-0.3, -0.25) is 69.7 Å². The number of amides is 6. The maximum atomic E-state index is 14.8. The van der Waals surface area contributed by atoms with E-state index in [-0.39, 0.29) is 108 Å². The maximum absolute atomic E-state index is 14.8. The number of phosphoric ester groups is 1.